The molecule has 0 saturated carbocycles. The molecule has 1 N–H and O–H groups in total. The van der Waals surface area contributed by atoms with Gasteiger partial charge in [0.15, 0.2) is 0 Å². The van der Waals surface area contributed by atoms with Gasteiger partial charge in [-0.2, -0.15) is 10.2 Å². The molecule has 5 nitrogen and oxygen atoms in total. The van der Waals surface area contributed by atoms with Crippen molar-refractivity contribution in [1.82, 2.24) is 20.0 Å². The van der Waals surface area contributed by atoms with Crippen molar-refractivity contribution >= 4 is 10.9 Å². The number of aromatic nitrogens is 4. The van der Waals surface area contributed by atoms with Crippen molar-refractivity contribution in [2.24, 2.45) is 7.05 Å². The summed E-state index contributed by atoms with van der Waals surface area (Å²) in [5, 5.41) is 11.0. The highest BCUT2D eigenvalue weighted by Gasteiger charge is 2.06. The van der Waals surface area contributed by atoms with Crippen molar-refractivity contribution in [1.29, 1.82) is 0 Å². The fourth-order valence-electron chi connectivity index (χ4n) is 1.22. The highest BCUT2D eigenvalue weighted by molar-refractivity contribution is 5.79. The van der Waals surface area contributed by atoms with Gasteiger partial charge in [-0.05, 0) is 6.92 Å². The number of fused-ring (bicyclic) bond motifs is 1. The third kappa shape index (κ3) is 0.761. The predicted molar refractivity (Wildman–Crippen MR) is 43.9 cm³/mol. The van der Waals surface area contributed by atoms with Gasteiger partial charge < -0.3 is 0 Å². The van der Waals surface area contributed by atoms with Crippen LogP contribution in [-0.2, 0) is 7.05 Å². The van der Waals surface area contributed by atoms with Crippen molar-refractivity contribution in [2.75, 3.05) is 0 Å². The maximum absolute atomic E-state index is 11.2. The van der Waals surface area contributed by atoms with E-state index >= 15 is 0 Å². The van der Waals surface area contributed by atoms with Crippen LogP contribution < -0.4 is 5.56 Å². The van der Waals surface area contributed by atoms with Gasteiger partial charge >= 0.3 is 0 Å². The number of hydrogen-bond donors (Lipinski definition) is 1. The zero-order valence-corrected chi connectivity index (χ0v) is 6.83. The molecule has 2 aromatic heterocycles. The molecule has 2 aromatic rings. The molecule has 0 saturated heterocycles. The molecular formula is C7H8N4O. The molecule has 0 aliphatic carbocycles. The Morgan fingerprint density at radius 2 is 2.33 bits per heavy atom. The zero-order chi connectivity index (χ0) is 8.72. The highest BCUT2D eigenvalue weighted by atomic mass is 16.1. The third-order valence-corrected chi connectivity index (χ3v) is 1.87. The first-order chi connectivity index (χ1) is 5.70. The van der Waals surface area contributed by atoms with Crippen LogP contribution in [0.2, 0.25) is 0 Å². The zero-order valence-electron chi connectivity index (χ0n) is 6.83. The molecule has 0 aromatic carbocycles. The molecule has 0 amide bonds. The summed E-state index contributed by atoms with van der Waals surface area (Å²) >= 11 is 0. The Balaban J connectivity index is 3.09. The molecule has 12 heavy (non-hydrogen) atoms. The van der Waals surface area contributed by atoms with E-state index in [4.69, 9.17) is 0 Å². The fraction of sp³-hybridized carbons (Fsp3) is 0.286. The van der Waals surface area contributed by atoms with Crippen LogP contribution in [0.5, 0.6) is 0 Å². The van der Waals surface area contributed by atoms with E-state index in [1.807, 2.05) is 6.92 Å². The minimum Gasteiger partial charge on any atom is -0.266 e. The Labute approximate surface area is 68.0 Å². The lowest BCUT2D eigenvalue weighted by atomic mass is 10.3. The molecule has 5 heteroatoms. The molecule has 2 rings (SSSR count). The Kier molecular flexibility index (Phi) is 1.27. The molecule has 0 radical (unpaired) electrons. The Morgan fingerprint density at radius 3 is 3.00 bits per heavy atom. The lowest BCUT2D eigenvalue weighted by molar-refractivity contribution is 0.789. The summed E-state index contributed by atoms with van der Waals surface area (Å²) < 4.78 is 1.54. The molecular weight excluding hydrogens is 156 g/mol. The van der Waals surface area contributed by atoms with Crippen LogP contribution in [0.3, 0.4) is 0 Å². The maximum Gasteiger partial charge on any atom is 0.290 e. The number of nitrogens with zero attached hydrogens (tertiary/aromatic N) is 3. The minimum atomic E-state index is -0.199. The minimum absolute atomic E-state index is 0.199. The Bertz CT molecular complexity index is 482. The number of aromatic amines is 1. The van der Waals surface area contributed by atoms with Crippen LogP contribution in [0.1, 0.15) is 5.69 Å². The van der Waals surface area contributed by atoms with E-state index in [1.54, 1.807) is 17.9 Å². The van der Waals surface area contributed by atoms with Gasteiger partial charge in [-0.1, -0.05) is 0 Å². The molecule has 0 unspecified atom stereocenters. The first-order valence-electron chi connectivity index (χ1n) is 3.57. The first kappa shape index (κ1) is 7.02. The largest absolute Gasteiger partial charge is 0.290 e. The van der Waals surface area contributed by atoms with Gasteiger partial charge in [-0.25, -0.2) is 5.10 Å². The molecule has 0 fully saturated rings. The monoisotopic (exact) mass is 164 g/mol. The molecule has 62 valence electrons. The summed E-state index contributed by atoms with van der Waals surface area (Å²) in [6.45, 7) is 1.83. The summed E-state index contributed by atoms with van der Waals surface area (Å²) in [6, 6.07) is 0. The van der Waals surface area contributed by atoms with E-state index in [0.29, 0.717) is 5.52 Å². The Morgan fingerprint density at radius 1 is 1.58 bits per heavy atom. The summed E-state index contributed by atoms with van der Waals surface area (Å²) in [6.07, 6.45) is 1.65. The lowest BCUT2D eigenvalue weighted by Gasteiger charge is -1.93. The van der Waals surface area contributed by atoms with Gasteiger partial charge in [0.1, 0.15) is 5.52 Å². The summed E-state index contributed by atoms with van der Waals surface area (Å²) in [5.41, 5.74) is 1.16. The fourth-order valence-corrected chi connectivity index (χ4v) is 1.22. The molecule has 2 heterocycles. The second kappa shape index (κ2) is 2.17. The van der Waals surface area contributed by atoms with E-state index in [0.717, 1.165) is 11.1 Å². The topological polar surface area (TPSA) is 63.6 Å². The quantitative estimate of drug-likeness (QED) is 0.594. The second-order valence-electron chi connectivity index (χ2n) is 2.67. The van der Waals surface area contributed by atoms with Crippen LogP contribution in [0.4, 0.5) is 0 Å². The molecule has 0 aliphatic rings. The van der Waals surface area contributed by atoms with Crippen LogP contribution in [0.25, 0.3) is 10.9 Å². The van der Waals surface area contributed by atoms with Crippen LogP contribution >= 0.6 is 0 Å². The van der Waals surface area contributed by atoms with Crippen LogP contribution in [0, 0.1) is 6.92 Å². The molecule has 0 spiro atoms. The van der Waals surface area contributed by atoms with Gasteiger partial charge in [0.25, 0.3) is 5.56 Å². The average Bonchev–Trinajstić information content (AvgIpc) is 2.42. The molecule has 0 bridgehead atoms. The van der Waals surface area contributed by atoms with E-state index in [-0.39, 0.29) is 5.56 Å². The number of nitrogens with one attached hydrogen (secondary N) is 1. The number of H-pyrrole nitrogens is 1. The lowest BCUT2D eigenvalue weighted by Crippen LogP contribution is -2.12. The third-order valence-electron chi connectivity index (χ3n) is 1.87. The normalized spacial score (nSPS) is 10.8. The molecule has 0 atom stereocenters. The van der Waals surface area contributed by atoms with Gasteiger partial charge in [0, 0.05) is 12.4 Å². The second-order valence-corrected chi connectivity index (χ2v) is 2.67. The van der Waals surface area contributed by atoms with E-state index in [2.05, 4.69) is 15.3 Å². The number of aryl methyl sites for hydroxylation is 2. The highest BCUT2D eigenvalue weighted by Crippen LogP contribution is 2.08. The van der Waals surface area contributed by atoms with Crippen molar-refractivity contribution < 1.29 is 0 Å². The SMILES string of the molecule is Cc1n[nH]c(=O)c2c1cnn2C. The predicted octanol–water partition coefficient (Wildman–Crippen LogP) is -0.0350. The van der Waals surface area contributed by atoms with E-state index in [9.17, 15) is 4.79 Å². The number of rotatable bonds is 0. The van der Waals surface area contributed by atoms with Gasteiger partial charge in [-0.15, -0.1) is 0 Å². The summed E-state index contributed by atoms with van der Waals surface area (Å²) in [4.78, 5) is 11.2. The van der Waals surface area contributed by atoms with E-state index < -0.39 is 0 Å². The maximum atomic E-state index is 11.2. The summed E-state index contributed by atoms with van der Waals surface area (Å²) in [5.74, 6) is 0. The van der Waals surface area contributed by atoms with Crippen LogP contribution in [0.15, 0.2) is 11.0 Å². The number of hydrogen-bond acceptors (Lipinski definition) is 3. The summed E-state index contributed by atoms with van der Waals surface area (Å²) in [7, 11) is 1.73. The van der Waals surface area contributed by atoms with Gasteiger partial charge in [0.05, 0.1) is 11.9 Å². The van der Waals surface area contributed by atoms with Crippen LogP contribution in [-0.4, -0.2) is 20.0 Å². The van der Waals surface area contributed by atoms with Crippen molar-refractivity contribution in [3.63, 3.8) is 0 Å². The average molecular weight is 164 g/mol. The van der Waals surface area contributed by atoms with Crippen molar-refractivity contribution in [3.8, 4) is 0 Å². The Hall–Kier alpha value is -1.65. The van der Waals surface area contributed by atoms with Gasteiger partial charge in [0.2, 0.25) is 0 Å². The van der Waals surface area contributed by atoms with Crippen molar-refractivity contribution in [2.45, 2.75) is 6.92 Å². The smallest absolute Gasteiger partial charge is 0.266 e. The first-order valence-corrected chi connectivity index (χ1v) is 3.57. The van der Waals surface area contributed by atoms with E-state index in [1.165, 1.54) is 0 Å². The van der Waals surface area contributed by atoms with Gasteiger partial charge in [-0.3, -0.25) is 9.48 Å². The molecule has 0 aliphatic heterocycles. The van der Waals surface area contributed by atoms with Crippen molar-refractivity contribution in [3.05, 3.63) is 22.2 Å². The standard InChI is InChI=1S/C7H8N4O/c1-4-5-3-8-11(2)6(5)7(12)10-9-4/h3H,1-2H3,(H,10,12).